The first kappa shape index (κ1) is 11.9. The molecule has 0 aromatic carbocycles. The molecule has 5 nitrogen and oxygen atoms in total. The molecule has 5 heteroatoms. The lowest BCUT2D eigenvalue weighted by Crippen LogP contribution is -2.57. The van der Waals surface area contributed by atoms with Gasteiger partial charge in [0, 0.05) is 0 Å². The number of aliphatic carboxylic acids is 1. The zero-order valence-electron chi connectivity index (χ0n) is 8.69. The minimum absolute atomic E-state index is 0.0521. The van der Waals surface area contributed by atoms with Crippen LogP contribution >= 0.6 is 0 Å². The Hall–Kier alpha value is -1.20. The lowest BCUT2D eigenvalue weighted by atomic mass is 10.2. The fraction of sp³-hybridized carbons (Fsp3) is 0.600. The van der Waals surface area contributed by atoms with E-state index in [9.17, 15) is 9.90 Å². The van der Waals surface area contributed by atoms with Crippen molar-refractivity contribution >= 4 is 11.8 Å². The highest BCUT2D eigenvalue weighted by Gasteiger charge is 2.36. The quantitative estimate of drug-likeness (QED) is 0.432. The molecular weight excluding hydrogens is 196 g/mol. The van der Waals surface area contributed by atoms with Crippen molar-refractivity contribution in [1.29, 1.82) is 0 Å². The van der Waals surface area contributed by atoms with Crippen LogP contribution < -0.4 is 5.11 Å². The Kier molecular flexibility index (Phi) is 3.99. The number of carbonyl (C=O) groups is 1. The Bertz CT molecular complexity index is 288. The summed E-state index contributed by atoms with van der Waals surface area (Å²) in [7, 11) is 0. The fourth-order valence-electron chi connectivity index (χ4n) is 1.97. The van der Waals surface area contributed by atoms with Gasteiger partial charge in [-0.15, -0.1) is 6.58 Å². The first-order valence-corrected chi connectivity index (χ1v) is 4.96. The smallest absolute Gasteiger partial charge is 0.202 e. The molecule has 0 amide bonds. The third-order valence-corrected chi connectivity index (χ3v) is 2.66. The van der Waals surface area contributed by atoms with Crippen LogP contribution in [0, 0.1) is 0 Å². The van der Waals surface area contributed by atoms with Crippen molar-refractivity contribution in [3.63, 3.8) is 0 Å². The highest BCUT2D eigenvalue weighted by atomic mass is 16.4. The second kappa shape index (κ2) is 5.04. The molecule has 0 aromatic rings. The Balaban J connectivity index is 2.84. The third-order valence-electron chi connectivity index (χ3n) is 2.66. The molecule has 0 saturated heterocycles. The summed E-state index contributed by atoms with van der Waals surface area (Å²) in [4.78, 5) is 15.0. The topological polar surface area (TPSA) is 72.7 Å². The number of hydrogen-bond acceptors (Lipinski definition) is 4. The zero-order valence-corrected chi connectivity index (χ0v) is 8.69. The lowest BCUT2D eigenvalue weighted by molar-refractivity contribution is -0.831. The normalized spacial score (nSPS) is 25.0. The number of nitrogens with zero attached hydrogens (tertiary/aromatic N) is 2. The van der Waals surface area contributed by atoms with Crippen LogP contribution in [0.4, 0.5) is 0 Å². The monoisotopic (exact) mass is 212 g/mol. The van der Waals surface area contributed by atoms with E-state index in [1.165, 1.54) is 0 Å². The fourth-order valence-corrected chi connectivity index (χ4v) is 1.97. The van der Waals surface area contributed by atoms with Gasteiger partial charge in [0.2, 0.25) is 5.84 Å². The standard InChI is InChI=1S/C10H16N2O3/c1-2-3-9-11-4-5-12(9,6-7-13)8-10(14)15/h2,13H,1,3-8H2. The predicted octanol–water partition coefficient (Wildman–Crippen LogP) is -1.47. The first-order chi connectivity index (χ1) is 7.14. The molecule has 15 heavy (non-hydrogen) atoms. The zero-order chi connectivity index (χ0) is 11.3. The Morgan fingerprint density at radius 1 is 1.73 bits per heavy atom. The van der Waals surface area contributed by atoms with Gasteiger partial charge in [-0.05, 0) is 0 Å². The number of carbonyl (C=O) groups excluding carboxylic acids is 1. The minimum atomic E-state index is -1.11. The van der Waals surface area contributed by atoms with Crippen molar-refractivity contribution in [1.82, 2.24) is 0 Å². The van der Waals surface area contributed by atoms with Crippen molar-refractivity contribution < 1.29 is 19.5 Å². The largest absolute Gasteiger partial charge is 0.544 e. The number of amidine groups is 1. The number of quaternary nitrogens is 1. The van der Waals surface area contributed by atoms with Crippen LogP contribution in [-0.2, 0) is 4.79 Å². The Morgan fingerprint density at radius 3 is 3.00 bits per heavy atom. The SMILES string of the molecule is C=CCC1=NCC[N+]1(CCO)CC(=O)[O-]. The predicted molar refractivity (Wildman–Crippen MR) is 54.1 cm³/mol. The van der Waals surface area contributed by atoms with Crippen molar-refractivity contribution in [2.45, 2.75) is 6.42 Å². The van der Waals surface area contributed by atoms with Crippen LogP contribution in [0.5, 0.6) is 0 Å². The van der Waals surface area contributed by atoms with Crippen molar-refractivity contribution in [3.8, 4) is 0 Å². The van der Waals surface area contributed by atoms with Gasteiger partial charge >= 0.3 is 0 Å². The number of carboxylic acid groups (broad SMARTS) is 1. The molecule has 0 bridgehead atoms. The van der Waals surface area contributed by atoms with Crippen LogP contribution in [0.3, 0.4) is 0 Å². The molecule has 1 heterocycles. The van der Waals surface area contributed by atoms with E-state index in [-0.39, 0.29) is 17.6 Å². The van der Waals surface area contributed by atoms with Crippen LogP contribution in [0.2, 0.25) is 0 Å². The molecular formula is C10H16N2O3. The number of carboxylic acids is 1. The van der Waals surface area contributed by atoms with Crippen molar-refractivity contribution in [3.05, 3.63) is 12.7 Å². The van der Waals surface area contributed by atoms with E-state index in [4.69, 9.17) is 5.11 Å². The van der Waals surface area contributed by atoms with Crippen LogP contribution in [0.15, 0.2) is 17.6 Å². The summed E-state index contributed by atoms with van der Waals surface area (Å²) in [6, 6.07) is 0. The molecule has 1 aliphatic heterocycles. The van der Waals surface area contributed by atoms with E-state index < -0.39 is 5.97 Å². The van der Waals surface area contributed by atoms with Crippen molar-refractivity contribution in [2.24, 2.45) is 4.99 Å². The molecule has 1 atom stereocenters. The molecule has 0 aliphatic carbocycles. The molecule has 0 aromatic heterocycles. The van der Waals surface area contributed by atoms with E-state index in [0.29, 0.717) is 26.1 Å². The highest BCUT2D eigenvalue weighted by molar-refractivity contribution is 5.80. The molecule has 1 rings (SSSR count). The second-order valence-corrected chi connectivity index (χ2v) is 3.64. The summed E-state index contributed by atoms with van der Waals surface area (Å²) in [5.41, 5.74) is 0. The van der Waals surface area contributed by atoms with E-state index in [2.05, 4.69) is 11.6 Å². The first-order valence-electron chi connectivity index (χ1n) is 4.96. The van der Waals surface area contributed by atoms with Gasteiger partial charge in [-0.2, -0.15) is 0 Å². The number of hydrogen-bond donors (Lipinski definition) is 1. The van der Waals surface area contributed by atoms with Gasteiger partial charge in [-0.3, -0.25) is 4.48 Å². The summed E-state index contributed by atoms with van der Waals surface area (Å²) in [5.74, 6) is -0.328. The minimum Gasteiger partial charge on any atom is -0.544 e. The molecule has 1 N–H and O–H groups in total. The lowest BCUT2D eigenvalue weighted by Gasteiger charge is -2.34. The average Bonchev–Trinajstić information content (AvgIpc) is 2.49. The summed E-state index contributed by atoms with van der Waals surface area (Å²) < 4.78 is 0.213. The summed E-state index contributed by atoms with van der Waals surface area (Å²) in [6.45, 7) is 5.05. The molecule has 0 saturated carbocycles. The number of aliphatic hydroxyl groups excluding tert-OH is 1. The molecule has 84 valence electrons. The van der Waals surface area contributed by atoms with E-state index in [1.54, 1.807) is 6.08 Å². The average molecular weight is 212 g/mol. The van der Waals surface area contributed by atoms with E-state index in [1.807, 2.05) is 0 Å². The van der Waals surface area contributed by atoms with Gasteiger partial charge in [0.15, 0.2) is 0 Å². The molecule has 0 fully saturated rings. The number of aliphatic hydroxyl groups is 1. The summed E-state index contributed by atoms with van der Waals surface area (Å²) in [5, 5.41) is 19.7. The highest BCUT2D eigenvalue weighted by Crippen LogP contribution is 2.17. The maximum absolute atomic E-state index is 10.7. The molecule has 1 aliphatic rings. The number of rotatable bonds is 6. The Morgan fingerprint density at radius 2 is 2.47 bits per heavy atom. The molecule has 0 spiro atoms. The second-order valence-electron chi connectivity index (χ2n) is 3.64. The van der Waals surface area contributed by atoms with Crippen LogP contribution in [0.25, 0.3) is 0 Å². The van der Waals surface area contributed by atoms with E-state index >= 15 is 0 Å². The van der Waals surface area contributed by atoms with Gasteiger partial charge in [-0.25, -0.2) is 4.99 Å². The van der Waals surface area contributed by atoms with Gasteiger partial charge in [0.05, 0.1) is 25.5 Å². The third kappa shape index (κ3) is 2.64. The number of aliphatic imine (C=N–C) groups is 1. The maximum Gasteiger partial charge on any atom is 0.202 e. The van der Waals surface area contributed by atoms with Gasteiger partial charge in [0.1, 0.15) is 19.6 Å². The summed E-state index contributed by atoms with van der Waals surface area (Å²) in [6.07, 6.45) is 2.26. The van der Waals surface area contributed by atoms with Gasteiger partial charge in [-0.1, -0.05) is 6.08 Å². The molecule has 1 unspecified atom stereocenters. The maximum atomic E-state index is 10.7. The molecule has 0 radical (unpaired) electrons. The van der Waals surface area contributed by atoms with Gasteiger partial charge in [0.25, 0.3) is 0 Å². The Labute approximate surface area is 88.9 Å². The van der Waals surface area contributed by atoms with Crippen LogP contribution in [-0.4, -0.2) is 54.2 Å². The van der Waals surface area contributed by atoms with Crippen LogP contribution in [0.1, 0.15) is 6.42 Å². The summed E-state index contributed by atoms with van der Waals surface area (Å²) >= 11 is 0. The van der Waals surface area contributed by atoms with Crippen molar-refractivity contribution in [2.75, 3.05) is 32.8 Å². The van der Waals surface area contributed by atoms with E-state index in [0.717, 1.165) is 5.84 Å². The van der Waals surface area contributed by atoms with Gasteiger partial charge < -0.3 is 15.0 Å².